The number of rotatable bonds is 3. The summed E-state index contributed by atoms with van der Waals surface area (Å²) in [5, 5.41) is 8.39. The van der Waals surface area contributed by atoms with E-state index in [0.717, 1.165) is 13.0 Å². The van der Waals surface area contributed by atoms with Crippen LogP contribution in [-0.2, 0) is 15.0 Å². The van der Waals surface area contributed by atoms with E-state index in [1.807, 2.05) is 0 Å². The zero-order valence-corrected chi connectivity index (χ0v) is 12.9. The summed E-state index contributed by atoms with van der Waals surface area (Å²) in [5.74, 6) is 0.410. The first-order valence-electron chi connectivity index (χ1n) is 7.05. The molecule has 0 aliphatic carbocycles. The number of nitrogens with zero attached hydrogens (tertiary/aromatic N) is 2. The van der Waals surface area contributed by atoms with E-state index < -0.39 is 10.2 Å². The molecule has 0 aromatic rings. The highest BCUT2D eigenvalue weighted by molar-refractivity contribution is 7.86. The van der Waals surface area contributed by atoms with Crippen molar-refractivity contribution in [3.05, 3.63) is 0 Å². The van der Waals surface area contributed by atoms with Crippen LogP contribution in [0.1, 0.15) is 20.3 Å². The number of hydrogen-bond acceptors (Lipinski definition) is 4. The molecule has 0 bridgehead atoms. The Balaban J connectivity index is 2.05. The Labute approximate surface area is 120 Å². The highest BCUT2D eigenvalue weighted by Crippen LogP contribution is 2.36. The first-order chi connectivity index (χ1) is 9.27. The van der Waals surface area contributed by atoms with Crippen LogP contribution in [0.2, 0.25) is 0 Å². The molecule has 7 nitrogen and oxygen atoms in total. The van der Waals surface area contributed by atoms with Crippen LogP contribution in [0, 0.1) is 11.3 Å². The Kier molecular flexibility index (Phi) is 4.38. The fourth-order valence-electron chi connectivity index (χ4n) is 3.09. The first kappa shape index (κ1) is 15.7. The van der Waals surface area contributed by atoms with Crippen molar-refractivity contribution < 1.29 is 13.2 Å². The summed E-state index contributed by atoms with van der Waals surface area (Å²) in [6, 6.07) is 0. The van der Waals surface area contributed by atoms with E-state index in [1.54, 1.807) is 4.90 Å². The minimum absolute atomic E-state index is 0.145. The Bertz CT molecular complexity index is 463. The standard InChI is InChI=1S/C12H24N4O3S/c1-10(2)12(3-4-14-9-12)11(17)15-5-7-16(8-6-15)20(13,18)19/h10,14H,3-9H2,1-2H3,(H2,13,18,19). The van der Waals surface area contributed by atoms with E-state index in [1.165, 1.54) is 4.31 Å². The van der Waals surface area contributed by atoms with E-state index in [-0.39, 0.29) is 30.3 Å². The largest absolute Gasteiger partial charge is 0.340 e. The number of nitrogens with two attached hydrogens (primary N) is 1. The number of carbonyl (C=O) groups excluding carboxylic acids is 1. The van der Waals surface area contributed by atoms with Gasteiger partial charge in [0.1, 0.15) is 0 Å². The minimum Gasteiger partial charge on any atom is -0.340 e. The third kappa shape index (κ3) is 2.83. The van der Waals surface area contributed by atoms with E-state index in [2.05, 4.69) is 19.2 Å². The first-order valence-corrected chi connectivity index (χ1v) is 8.56. The molecule has 1 unspecified atom stereocenters. The molecule has 2 rings (SSSR count). The number of piperazine rings is 1. The van der Waals surface area contributed by atoms with Crippen LogP contribution in [0.4, 0.5) is 0 Å². The zero-order chi connectivity index (χ0) is 15.0. The van der Waals surface area contributed by atoms with Crippen LogP contribution < -0.4 is 10.5 Å². The molecule has 8 heteroatoms. The van der Waals surface area contributed by atoms with Crippen molar-refractivity contribution in [1.82, 2.24) is 14.5 Å². The number of carbonyl (C=O) groups is 1. The highest BCUT2D eigenvalue weighted by Gasteiger charge is 2.46. The van der Waals surface area contributed by atoms with Gasteiger partial charge >= 0.3 is 0 Å². The van der Waals surface area contributed by atoms with Gasteiger partial charge in [0.15, 0.2) is 0 Å². The lowest BCUT2D eigenvalue weighted by atomic mass is 9.75. The minimum atomic E-state index is -3.64. The van der Waals surface area contributed by atoms with E-state index in [0.29, 0.717) is 19.6 Å². The average molecular weight is 304 g/mol. The molecule has 2 fully saturated rings. The lowest BCUT2D eigenvalue weighted by Gasteiger charge is -2.40. The van der Waals surface area contributed by atoms with Gasteiger partial charge in [-0.05, 0) is 18.9 Å². The van der Waals surface area contributed by atoms with Gasteiger partial charge in [-0.2, -0.15) is 12.7 Å². The third-order valence-electron chi connectivity index (χ3n) is 4.61. The van der Waals surface area contributed by atoms with Gasteiger partial charge in [-0.1, -0.05) is 13.8 Å². The van der Waals surface area contributed by atoms with Gasteiger partial charge in [0.25, 0.3) is 10.2 Å². The molecule has 1 atom stereocenters. The van der Waals surface area contributed by atoms with Crippen molar-refractivity contribution in [2.45, 2.75) is 20.3 Å². The second kappa shape index (κ2) is 5.59. The molecular formula is C12H24N4O3S. The maximum Gasteiger partial charge on any atom is 0.277 e. The van der Waals surface area contributed by atoms with Crippen LogP contribution in [-0.4, -0.2) is 62.8 Å². The van der Waals surface area contributed by atoms with Gasteiger partial charge in [0.2, 0.25) is 5.91 Å². The van der Waals surface area contributed by atoms with Gasteiger partial charge in [0, 0.05) is 32.7 Å². The molecule has 116 valence electrons. The summed E-state index contributed by atoms with van der Waals surface area (Å²) in [6.07, 6.45) is 0.846. The summed E-state index contributed by atoms with van der Waals surface area (Å²) in [4.78, 5) is 14.6. The number of hydrogen-bond donors (Lipinski definition) is 2. The van der Waals surface area contributed by atoms with Crippen LogP contribution in [0.5, 0.6) is 0 Å². The summed E-state index contributed by atoms with van der Waals surface area (Å²) in [7, 11) is -3.64. The van der Waals surface area contributed by atoms with Crippen molar-refractivity contribution >= 4 is 16.1 Å². The predicted molar refractivity (Wildman–Crippen MR) is 76.0 cm³/mol. The molecule has 2 aliphatic rings. The summed E-state index contributed by atoms with van der Waals surface area (Å²) < 4.78 is 23.8. The number of amides is 1. The second-order valence-electron chi connectivity index (χ2n) is 5.97. The molecule has 1 amide bonds. The molecule has 0 spiro atoms. The maximum absolute atomic E-state index is 12.8. The Morgan fingerprint density at radius 2 is 1.85 bits per heavy atom. The van der Waals surface area contributed by atoms with E-state index in [9.17, 15) is 13.2 Å². The van der Waals surface area contributed by atoms with Gasteiger partial charge < -0.3 is 10.2 Å². The molecular weight excluding hydrogens is 280 g/mol. The fraction of sp³-hybridized carbons (Fsp3) is 0.917. The molecule has 3 N–H and O–H groups in total. The van der Waals surface area contributed by atoms with Gasteiger partial charge in [-0.15, -0.1) is 0 Å². The fourth-order valence-corrected chi connectivity index (χ4v) is 3.77. The average Bonchev–Trinajstić information content (AvgIpc) is 2.87. The Morgan fingerprint density at radius 1 is 1.25 bits per heavy atom. The SMILES string of the molecule is CC(C)C1(C(=O)N2CCN(S(N)(=O)=O)CC2)CCNC1. The summed E-state index contributed by atoms with van der Waals surface area (Å²) in [5.41, 5.74) is -0.343. The molecule has 0 radical (unpaired) electrons. The quantitative estimate of drug-likeness (QED) is 0.697. The molecule has 0 aromatic heterocycles. The maximum atomic E-state index is 12.8. The second-order valence-corrected chi connectivity index (χ2v) is 7.52. The molecule has 0 saturated carbocycles. The molecule has 2 heterocycles. The smallest absolute Gasteiger partial charge is 0.277 e. The topological polar surface area (TPSA) is 95.7 Å². The monoisotopic (exact) mass is 304 g/mol. The highest BCUT2D eigenvalue weighted by atomic mass is 32.2. The van der Waals surface area contributed by atoms with Gasteiger partial charge in [0.05, 0.1) is 5.41 Å². The normalized spacial score (nSPS) is 29.1. The molecule has 20 heavy (non-hydrogen) atoms. The molecule has 0 aromatic carbocycles. The van der Waals surface area contributed by atoms with Crippen molar-refractivity contribution in [1.29, 1.82) is 0 Å². The third-order valence-corrected chi connectivity index (χ3v) is 5.69. The van der Waals surface area contributed by atoms with Gasteiger partial charge in [-0.25, -0.2) is 5.14 Å². The number of nitrogens with one attached hydrogen (secondary N) is 1. The van der Waals surface area contributed by atoms with Crippen LogP contribution in [0.25, 0.3) is 0 Å². The molecule has 2 aliphatic heterocycles. The Morgan fingerprint density at radius 3 is 2.25 bits per heavy atom. The van der Waals surface area contributed by atoms with Crippen molar-refractivity contribution in [3.8, 4) is 0 Å². The van der Waals surface area contributed by atoms with Crippen LogP contribution in [0.3, 0.4) is 0 Å². The summed E-state index contributed by atoms with van der Waals surface area (Å²) in [6.45, 7) is 7.13. The Hall–Kier alpha value is -0.700. The van der Waals surface area contributed by atoms with E-state index >= 15 is 0 Å². The summed E-state index contributed by atoms with van der Waals surface area (Å²) >= 11 is 0. The predicted octanol–water partition coefficient (Wildman–Crippen LogP) is -1.03. The van der Waals surface area contributed by atoms with Crippen LogP contribution >= 0.6 is 0 Å². The molecule has 2 saturated heterocycles. The van der Waals surface area contributed by atoms with Crippen LogP contribution in [0.15, 0.2) is 0 Å². The van der Waals surface area contributed by atoms with E-state index in [4.69, 9.17) is 5.14 Å². The van der Waals surface area contributed by atoms with Crippen molar-refractivity contribution in [2.24, 2.45) is 16.5 Å². The zero-order valence-electron chi connectivity index (χ0n) is 12.1. The van der Waals surface area contributed by atoms with Gasteiger partial charge in [-0.3, -0.25) is 4.79 Å². The lowest BCUT2D eigenvalue weighted by Crippen LogP contribution is -2.56. The van der Waals surface area contributed by atoms with Crippen molar-refractivity contribution in [3.63, 3.8) is 0 Å². The lowest BCUT2D eigenvalue weighted by molar-refractivity contribution is -0.145. The van der Waals surface area contributed by atoms with Crippen molar-refractivity contribution in [2.75, 3.05) is 39.3 Å².